The van der Waals surface area contributed by atoms with E-state index in [2.05, 4.69) is 139 Å². The first-order valence-corrected chi connectivity index (χ1v) is 20.3. The van der Waals surface area contributed by atoms with Gasteiger partial charge in [-0.1, -0.05) is 131 Å². The summed E-state index contributed by atoms with van der Waals surface area (Å²) in [6, 6.07) is 50.3. The molecule has 0 amide bonds. The Morgan fingerprint density at radius 1 is 0.443 bits per heavy atom. The molecule has 6 heteroatoms. The summed E-state index contributed by atoms with van der Waals surface area (Å²) in [5.74, 6) is 0. The van der Waals surface area contributed by atoms with Crippen molar-refractivity contribution >= 4 is 49.3 Å². The molecule has 2 aromatic heterocycles. The average molecular weight is 800 g/mol. The van der Waals surface area contributed by atoms with Crippen LogP contribution in [0.3, 0.4) is 0 Å². The van der Waals surface area contributed by atoms with Gasteiger partial charge in [-0.25, -0.2) is 4.85 Å². The summed E-state index contributed by atoms with van der Waals surface area (Å²) >= 11 is 0. The van der Waals surface area contributed by atoms with Crippen molar-refractivity contribution < 1.29 is 13.2 Å². The van der Waals surface area contributed by atoms with E-state index in [4.69, 9.17) is 6.57 Å². The van der Waals surface area contributed by atoms with E-state index in [9.17, 15) is 13.2 Å². The van der Waals surface area contributed by atoms with Gasteiger partial charge in [0.25, 0.3) is 0 Å². The lowest BCUT2D eigenvalue weighted by Crippen LogP contribution is -2.09. The lowest BCUT2D eigenvalue weighted by molar-refractivity contribution is -0.137. The summed E-state index contributed by atoms with van der Waals surface area (Å²) < 4.78 is 49.4. The molecule has 3 nitrogen and oxygen atoms in total. The third-order valence-corrected chi connectivity index (χ3v) is 12.0. The molecule has 0 aliphatic carbocycles. The van der Waals surface area contributed by atoms with Crippen LogP contribution in [0, 0.1) is 41.2 Å². The molecule has 10 aromatic rings. The number of para-hydroxylation sites is 2. The summed E-state index contributed by atoms with van der Waals surface area (Å²) in [6.07, 6.45) is -4.65. The van der Waals surface area contributed by atoms with E-state index >= 15 is 0 Å². The minimum absolute atomic E-state index is 0.00446. The Morgan fingerprint density at radius 2 is 0.902 bits per heavy atom. The monoisotopic (exact) mass is 799 g/mol. The summed E-state index contributed by atoms with van der Waals surface area (Å²) in [6.45, 7) is 18.6. The average Bonchev–Trinajstić information content (AvgIpc) is 3.74. The number of hydrogen-bond donors (Lipinski definition) is 0. The standard InChI is InChI=1S/C55H40F3N3/c1-32-22-33(2)25-39(24-32)37-18-20-43-41-13-7-9-16-48(41)60(50(43)28-37)52-30-45(54-36(5)12-11-15-46(54)55(56,57)58)47(59-6)31-53(52)61-49-17-10-8-14-42(49)44-21-19-38(29-51(44)61)40-26-34(3)23-35(4)27-40/h7-31H,1-5H3. The second-order valence-corrected chi connectivity index (χ2v) is 16.4. The highest BCUT2D eigenvalue weighted by Crippen LogP contribution is 2.47. The molecule has 10 rings (SSSR count). The number of benzene rings is 8. The molecule has 0 aliphatic heterocycles. The maximum Gasteiger partial charge on any atom is 0.416 e. The van der Waals surface area contributed by atoms with Gasteiger partial charge in [0.15, 0.2) is 5.69 Å². The van der Waals surface area contributed by atoms with Crippen LogP contribution in [0.2, 0.25) is 0 Å². The molecule has 0 fully saturated rings. The molecule has 296 valence electrons. The van der Waals surface area contributed by atoms with Crippen LogP contribution in [0.5, 0.6) is 0 Å². The van der Waals surface area contributed by atoms with Crippen LogP contribution in [0.25, 0.3) is 93.2 Å². The van der Waals surface area contributed by atoms with E-state index in [1.165, 1.54) is 6.07 Å². The molecule has 61 heavy (non-hydrogen) atoms. The zero-order valence-electron chi connectivity index (χ0n) is 34.4. The Morgan fingerprint density at radius 3 is 1.38 bits per heavy atom. The fraction of sp³-hybridized carbons (Fsp3) is 0.109. The Balaban J connectivity index is 1.38. The number of nitrogens with zero attached hydrogens (tertiary/aromatic N) is 3. The normalized spacial score (nSPS) is 11.9. The summed E-state index contributed by atoms with van der Waals surface area (Å²) in [7, 11) is 0. The first-order valence-electron chi connectivity index (χ1n) is 20.3. The maximum atomic E-state index is 15.0. The van der Waals surface area contributed by atoms with E-state index in [1.54, 1.807) is 19.1 Å². The predicted octanol–water partition coefficient (Wildman–Crippen LogP) is 16.0. The first kappa shape index (κ1) is 37.9. The van der Waals surface area contributed by atoms with Crippen LogP contribution < -0.4 is 0 Å². The molecule has 0 unspecified atom stereocenters. The summed E-state index contributed by atoms with van der Waals surface area (Å²) in [4.78, 5) is 4.00. The molecule has 0 saturated heterocycles. The zero-order chi connectivity index (χ0) is 42.3. The molecule has 2 heterocycles. The highest BCUT2D eigenvalue weighted by molar-refractivity contribution is 6.13. The lowest BCUT2D eigenvalue weighted by Gasteiger charge is -2.22. The zero-order valence-corrected chi connectivity index (χ0v) is 34.4. The minimum atomic E-state index is -4.65. The third-order valence-electron chi connectivity index (χ3n) is 12.0. The number of aryl methyl sites for hydroxylation is 5. The Hall–Kier alpha value is -7.36. The van der Waals surface area contributed by atoms with Crippen molar-refractivity contribution in [2.75, 3.05) is 0 Å². The van der Waals surface area contributed by atoms with E-state index < -0.39 is 11.7 Å². The van der Waals surface area contributed by atoms with Gasteiger partial charge < -0.3 is 9.13 Å². The second-order valence-electron chi connectivity index (χ2n) is 16.4. The number of hydrogen-bond acceptors (Lipinski definition) is 0. The molecular formula is C55H40F3N3. The van der Waals surface area contributed by atoms with Gasteiger partial charge in [0.2, 0.25) is 0 Å². The second kappa shape index (κ2) is 14.1. The maximum absolute atomic E-state index is 15.0. The Bertz CT molecular complexity index is 3440. The number of rotatable bonds is 5. The molecule has 0 aliphatic rings. The minimum Gasteiger partial charge on any atom is -0.308 e. The largest absolute Gasteiger partial charge is 0.416 e. The van der Waals surface area contributed by atoms with Crippen LogP contribution in [0.15, 0.2) is 152 Å². The highest BCUT2D eigenvalue weighted by Gasteiger charge is 2.35. The van der Waals surface area contributed by atoms with E-state index in [-0.39, 0.29) is 16.8 Å². The number of fused-ring (bicyclic) bond motifs is 6. The van der Waals surface area contributed by atoms with Crippen LogP contribution in [0.4, 0.5) is 18.9 Å². The third kappa shape index (κ3) is 6.28. The van der Waals surface area contributed by atoms with Gasteiger partial charge in [0.1, 0.15) is 0 Å². The highest BCUT2D eigenvalue weighted by atomic mass is 19.4. The fourth-order valence-electron chi connectivity index (χ4n) is 9.58. The number of alkyl halides is 3. The summed E-state index contributed by atoms with van der Waals surface area (Å²) in [5, 5.41) is 4.08. The van der Waals surface area contributed by atoms with Gasteiger partial charge in [-0.15, -0.1) is 0 Å². The van der Waals surface area contributed by atoms with E-state index in [0.29, 0.717) is 16.9 Å². The van der Waals surface area contributed by atoms with Crippen molar-refractivity contribution in [3.05, 3.63) is 196 Å². The van der Waals surface area contributed by atoms with Crippen molar-refractivity contribution in [2.24, 2.45) is 0 Å². The van der Waals surface area contributed by atoms with Gasteiger partial charge in [0.05, 0.1) is 45.6 Å². The van der Waals surface area contributed by atoms with Gasteiger partial charge in [-0.2, -0.15) is 13.2 Å². The molecule has 0 bridgehead atoms. The quantitative estimate of drug-likeness (QED) is 0.154. The van der Waals surface area contributed by atoms with Crippen molar-refractivity contribution in [3.8, 4) is 44.8 Å². The van der Waals surface area contributed by atoms with Gasteiger partial charge in [-0.3, -0.25) is 0 Å². The molecule has 0 radical (unpaired) electrons. The van der Waals surface area contributed by atoms with Crippen LogP contribution in [-0.4, -0.2) is 9.13 Å². The van der Waals surface area contributed by atoms with E-state index in [1.807, 2.05) is 30.3 Å². The Labute approximate surface area is 352 Å². The van der Waals surface area contributed by atoms with Crippen LogP contribution in [0.1, 0.15) is 33.4 Å². The molecule has 0 N–H and O–H groups in total. The van der Waals surface area contributed by atoms with Crippen molar-refractivity contribution in [2.45, 2.75) is 40.8 Å². The number of halogens is 3. The van der Waals surface area contributed by atoms with Crippen LogP contribution >= 0.6 is 0 Å². The van der Waals surface area contributed by atoms with E-state index in [0.717, 1.165) is 94.2 Å². The van der Waals surface area contributed by atoms with Crippen molar-refractivity contribution in [1.82, 2.24) is 9.13 Å². The Kier molecular flexibility index (Phi) is 8.78. The van der Waals surface area contributed by atoms with Gasteiger partial charge in [-0.05, 0) is 116 Å². The topological polar surface area (TPSA) is 14.2 Å². The first-order chi connectivity index (χ1) is 29.4. The lowest BCUT2D eigenvalue weighted by atomic mass is 9.92. The predicted molar refractivity (Wildman–Crippen MR) is 246 cm³/mol. The molecule has 0 saturated carbocycles. The molecule has 0 atom stereocenters. The molecular weight excluding hydrogens is 760 g/mol. The van der Waals surface area contributed by atoms with Crippen molar-refractivity contribution in [1.29, 1.82) is 0 Å². The SMILES string of the molecule is [C-]#[N+]c1cc(-n2c3ccccc3c3ccc(-c4cc(C)cc(C)c4)cc32)c(-n2c3ccccc3c3ccc(-c4cc(C)cc(C)c4)cc32)cc1-c1c(C)cccc1C(F)(F)F. The van der Waals surface area contributed by atoms with Crippen molar-refractivity contribution in [3.63, 3.8) is 0 Å². The number of aromatic nitrogens is 2. The van der Waals surface area contributed by atoms with Gasteiger partial charge >= 0.3 is 6.18 Å². The fourth-order valence-corrected chi connectivity index (χ4v) is 9.58. The molecule has 8 aromatic carbocycles. The summed E-state index contributed by atoms with van der Waals surface area (Å²) in [5.41, 5.74) is 13.9. The van der Waals surface area contributed by atoms with Gasteiger partial charge in [0, 0.05) is 21.5 Å². The smallest absolute Gasteiger partial charge is 0.308 e. The van der Waals surface area contributed by atoms with Crippen LogP contribution in [-0.2, 0) is 6.18 Å². The molecule has 0 spiro atoms.